The van der Waals surface area contributed by atoms with Gasteiger partial charge >= 0.3 is 0 Å². The summed E-state index contributed by atoms with van der Waals surface area (Å²) in [4.78, 5) is 23.9. The van der Waals surface area contributed by atoms with Crippen molar-refractivity contribution in [3.63, 3.8) is 0 Å². The molecule has 2 aromatic carbocycles. The van der Waals surface area contributed by atoms with Gasteiger partial charge in [-0.05, 0) is 63.4 Å². The number of carbonyl (C=O) groups excluding carboxylic acids is 2. The van der Waals surface area contributed by atoms with Gasteiger partial charge in [-0.2, -0.15) is 0 Å². The molecule has 31 heavy (non-hydrogen) atoms. The van der Waals surface area contributed by atoms with Gasteiger partial charge in [0.15, 0.2) is 5.78 Å². The first-order chi connectivity index (χ1) is 14.6. The number of aryl methyl sites for hydroxylation is 1. The fourth-order valence-corrected chi connectivity index (χ4v) is 3.84. The molecular formula is C23H30N2O5S. The molecule has 0 aliphatic rings. The third-order valence-electron chi connectivity index (χ3n) is 4.49. The third kappa shape index (κ3) is 8.05. The van der Waals surface area contributed by atoms with Gasteiger partial charge in [-0.25, -0.2) is 8.42 Å². The summed E-state index contributed by atoms with van der Waals surface area (Å²) >= 11 is 0. The topological polar surface area (TPSA) is 92.8 Å². The van der Waals surface area contributed by atoms with Crippen molar-refractivity contribution in [2.24, 2.45) is 0 Å². The van der Waals surface area contributed by atoms with Crippen LogP contribution >= 0.6 is 0 Å². The number of benzene rings is 2. The average molecular weight is 447 g/mol. The van der Waals surface area contributed by atoms with E-state index in [1.54, 1.807) is 18.2 Å². The van der Waals surface area contributed by atoms with E-state index in [2.05, 4.69) is 5.32 Å². The van der Waals surface area contributed by atoms with Gasteiger partial charge in [-0.1, -0.05) is 24.3 Å². The minimum Gasteiger partial charge on any atom is -0.491 e. The molecule has 1 N–H and O–H groups in total. The van der Waals surface area contributed by atoms with Gasteiger partial charge in [-0.15, -0.1) is 0 Å². The molecule has 7 nitrogen and oxygen atoms in total. The molecule has 8 heteroatoms. The number of nitrogens with zero attached hydrogens (tertiary/aromatic N) is 1. The molecule has 0 fully saturated rings. The Labute approximate surface area is 184 Å². The van der Waals surface area contributed by atoms with E-state index < -0.39 is 15.9 Å². The molecule has 0 aliphatic carbocycles. The van der Waals surface area contributed by atoms with E-state index in [0.29, 0.717) is 12.1 Å². The molecule has 0 saturated heterocycles. The van der Waals surface area contributed by atoms with Crippen LogP contribution < -0.4 is 14.4 Å². The van der Waals surface area contributed by atoms with Gasteiger partial charge in [0.2, 0.25) is 15.9 Å². The van der Waals surface area contributed by atoms with Gasteiger partial charge in [0.05, 0.1) is 18.0 Å². The maximum atomic E-state index is 12.4. The van der Waals surface area contributed by atoms with Crippen molar-refractivity contribution < 1.29 is 22.7 Å². The van der Waals surface area contributed by atoms with Gasteiger partial charge in [0.1, 0.15) is 12.3 Å². The number of Topliss-reactive ketones (excluding diaryl/α,β-unsaturated/α-hetero) is 1. The second-order valence-corrected chi connectivity index (χ2v) is 9.55. The molecule has 2 aromatic rings. The van der Waals surface area contributed by atoms with E-state index in [1.165, 1.54) is 13.0 Å². The van der Waals surface area contributed by atoms with Crippen molar-refractivity contribution >= 4 is 27.4 Å². The van der Waals surface area contributed by atoms with E-state index in [-0.39, 0.29) is 24.1 Å². The average Bonchev–Trinajstić information content (AvgIpc) is 2.69. The first kappa shape index (κ1) is 24.4. The molecular weight excluding hydrogens is 416 g/mol. The number of carbonyl (C=O) groups is 2. The summed E-state index contributed by atoms with van der Waals surface area (Å²) < 4.78 is 31.0. The zero-order valence-electron chi connectivity index (χ0n) is 18.4. The predicted molar refractivity (Wildman–Crippen MR) is 122 cm³/mol. The van der Waals surface area contributed by atoms with Crippen LogP contribution in [0, 0.1) is 0 Å². The molecule has 0 atom stereocenters. The number of nitrogens with one attached hydrogen (secondary N) is 1. The molecule has 2 rings (SSSR count). The number of hydrogen-bond donors (Lipinski definition) is 1. The lowest BCUT2D eigenvalue weighted by Crippen LogP contribution is -2.40. The van der Waals surface area contributed by atoms with Gasteiger partial charge in [0.25, 0.3) is 0 Å². The standard InChI is InChI=1S/C23H30N2O5S/c1-17(2)30-22-12-10-19(11-13-22)7-6-14-24-23(27)16-25(31(4,28)29)21-9-5-8-20(15-21)18(3)26/h5,8-13,15,17H,6-7,14,16H2,1-4H3,(H,24,27). The molecule has 0 radical (unpaired) electrons. The summed E-state index contributed by atoms with van der Waals surface area (Å²) in [6, 6.07) is 14.1. The Balaban J connectivity index is 1.89. The molecule has 0 saturated carbocycles. The monoisotopic (exact) mass is 446 g/mol. The summed E-state index contributed by atoms with van der Waals surface area (Å²) in [5.41, 5.74) is 1.80. The number of amides is 1. The minimum atomic E-state index is -3.69. The van der Waals surface area contributed by atoms with Crippen LogP contribution in [-0.4, -0.2) is 45.6 Å². The van der Waals surface area contributed by atoms with E-state index in [4.69, 9.17) is 4.74 Å². The maximum absolute atomic E-state index is 12.4. The molecule has 168 valence electrons. The maximum Gasteiger partial charge on any atom is 0.240 e. The van der Waals surface area contributed by atoms with Crippen LogP contribution in [0.15, 0.2) is 48.5 Å². The number of hydrogen-bond acceptors (Lipinski definition) is 5. The van der Waals surface area contributed by atoms with Crippen molar-refractivity contribution in [1.82, 2.24) is 5.32 Å². The highest BCUT2D eigenvalue weighted by atomic mass is 32.2. The quantitative estimate of drug-likeness (QED) is 0.423. The summed E-state index contributed by atoms with van der Waals surface area (Å²) in [6.07, 6.45) is 2.65. The Bertz CT molecular complexity index is 1000. The number of ether oxygens (including phenoxy) is 1. The molecule has 0 aromatic heterocycles. The van der Waals surface area contributed by atoms with Crippen molar-refractivity contribution in [1.29, 1.82) is 0 Å². The Kier molecular flexibility index (Phi) is 8.62. The first-order valence-electron chi connectivity index (χ1n) is 10.2. The highest BCUT2D eigenvalue weighted by Gasteiger charge is 2.21. The van der Waals surface area contributed by atoms with E-state index >= 15 is 0 Å². The summed E-state index contributed by atoms with van der Waals surface area (Å²) in [5.74, 6) is 0.240. The van der Waals surface area contributed by atoms with Crippen LogP contribution in [0.4, 0.5) is 5.69 Å². The second-order valence-electron chi connectivity index (χ2n) is 7.64. The van der Waals surface area contributed by atoms with E-state index in [0.717, 1.165) is 34.7 Å². The fourth-order valence-electron chi connectivity index (χ4n) is 2.99. The third-order valence-corrected chi connectivity index (χ3v) is 5.63. The van der Waals surface area contributed by atoms with Gasteiger partial charge in [0, 0.05) is 12.1 Å². The molecule has 0 heterocycles. The largest absolute Gasteiger partial charge is 0.491 e. The first-order valence-corrected chi connectivity index (χ1v) is 12.0. The summed E-state index contributed by atoms with van der Waals surface area (Å²) in [7, 11) is -3.69. The van der Waals surface area contributed by atoms with Crippen LogP contribution in [0.2, 0.25) is 0 Å². The number of sulfonamides is 1. The van der Waals surface area contributed by atoms with Crippen LogP contribution in [0.5, 0.6) is 5.75 Å². The number of ketones is 1. The highest BCUT2D eigenvalue weighted by molar-refractivity contribution is 7.92. The zero-order chi connectivity index (χ0) is 23.0. The molecule has 0 unspecified atom stereocenters. The number of anilines is 1. The van der Waals surface area contributed by atoms with Crippen molar-refractivity contribution in [3.05, 3.63) is 59.7 Å². The highest BCUT2D eigenvalue weighted by Crippen LogP contribution is 2.19. The Hall–Kier alpha value is -2.87. The lowest BCUT2D eigenvalue weighted by Gasteiger charge is -2.22. The molecule has 0 bridgehead atoms. The van der Waals surface area contributed by atoms with Crippen molar-refractivity contribution in [3.8, 4) is 5.75 Å². The summed E-state index contributed by atoms with van der Waals surface area (Å²) in [5, 5.41) is 2.76. The second kappa shape index (κ2) is 10.9. The fraction of sp³-hybridized carbons (Fsp3) is 0.391. The summed E-state index contributed by atoms with van der Waals surface area (Å²) in [6.45, 7) is 5.43. The van der Waals surface area contributed by atoms with Gasteiger partial charge in [-0.3, -0.25) is 13.9 Å². The SMILES string of the molecule is CC(=O)c1cccc(N(CC(=O)NCCCc2ccc(OC(C)C)cc2)S(C)(=O)=O)c1. The Morgan fingerprint density at radius 1 is 1.10 bits per heavy atom. The van der Waals surface area contributed by atoms with Gasteiger partial charge < -0.3 is 10.1 Å². The Morgan fingerprint density at radius 3 is 2.35 bits per heavy atom. The van der Waals surface area contributed by atoms with Crippen molar-refractivity contribution in [2.45, 2.75) is 39.7 Å². The van der Waals surface area contributed by atoms with Crippen LogP contribution in [0.25, 0.3) is 0 Å². The minimum absolute atomic E-state index is 0.123. The number of rotatable bonds is 11. The smallest absolute Gasteiger partial charge is 0.240 e. The lowest BCUT2D eigenvalue weighted by molar-refractivity contribution is -0.119. The van der Waals surface area contributed by atoms with E-state index in [9.17, 15) is 18.0 Å². The Morgan fingerprint density at radius 2 is 1.77 bits per heavy atom. The molecule has 1 amide bonds. The van der Waals surface area contributed by atoms with Crippen LogP contribution in [0.3, 0.4) is 0 Å². The molecule has 0 aliphatic heterocycles. The van der Waals surface area contributed by atoms with Crippen molar-refractivity contribution in [2.75, 3.05) is 23.7 Å². The predicted octanol–water partition coefficient (Wildman–Crippen LogP) is 3.19. The molecule has 0 spiro atoms. The van der Waals surface area contributed by atoms with E-state index in [1.807, 2.05) is 38.1 Å². The normalized spacial score (nSPS) is 11.3. The van der Waals surface area contributed by atoms with Crippen LogP contribution in [-0.2, 0) is 21.2 Å². The van der Waals surface area contributed by atoms with Crippen LogP contribution in [0.1, 0.15) is 43.1 Å². The zero-order valence-corrected chi connectivity index (χ0v) is 19.2. The lowest BCUT2D eigenvalue weighted by atomic mass is 10.1.